The lowest BCUT2D eigenvalue weighted by atomic mass is 9.89. The van der Waals surface area contributed by atoms with Crippen molar-refractivity contribution in [3.05, 3.63) is 12.2 Å². The molecule has 4 atom stereocenters. The van der Waals surface area contributed by atoms with Crippen LogP contribution >= 0.6 is 0 Å². The second-order valence-corrected chi connectivity index (χ2v) is 4.24. The van der Waals surface area contributed by atoms with Crippen LogP contribution in [0.5, 0.6) is 0 Å². The summed E-state index contributed by atoms with van der Waals surface area (Å²) in [5, 5.41) is 0. The average molecular weight is 194 g/mol. The SMILES string of the molecule is C[C@H]1C[C@@H]2OC(=O)[C@H](C)[C@H]2C=CC1=O. The van der Waals surface area contributed by atoms with Gasteiger partial charge >= 0.3 is 5.97 Å². The molecule has 1 aliphatic carbocycles. The van der Waals surface area contributed by atoms with E-state index in [1.165, 1.54) is 0 Å². The van der Waals surface area contributed by atoms with Gasteiger partial charge in [-0.1, -0.05) is 19.9 Å². The molecule has 0 N–H and O–H groups in total. The number of allylic oxidation sites excluding steroid dienone is 1. The Kier molecular flexibility index (Phi) is 2.17. The molecule has 0 radical (unpaired) electrons. The number of ether oxygens (including phenoxy) is 1. The molecule has 2 aliphatic rings. The Labute approximate surface area is 83.1 Å². The molecule has 1 heterocycles. The van der Waals surface area contributed by atoms with Crippen LogP contribution in [0.3, 0.4) is 0 Å². The minimum absolute atomic E-state index is 0.0284. The van der Waals surface area contributed by atoms with Crippen LogP contribution in [0.2, 0.25) is 0 Å². The van der Waals surface area contributed by atoms with Crippen molar-refractivity contribution in [1.82, 2.24) is 0 Å². The Morgan fingerprint density at radius 3 is 2.79 bits per heavy atom. The zero-order chi connectivity index (χ0) is 10.3. The molecule has 1 aliphatic heterocycles. The van der Waals surface area contributed by atoms with Crippen molar-refractivity contribution in [3.8, 4) is 0 Å². The number of ketones is 1. The van der Waals surface area contributed by atoms with Crippen molar-refractivity contribution in [2.75, 3.05) is 0 Å². The number of rotatable bonds is 0. The van der Waals surface area contributed by atoms with Crippen molar-refractivity contribution in [2.24, 2.45) is 17.8 Å². The first kappa shape index (κ1) is 9.44. The van der Waals surface area contributed by atoms with Gasteiger partial charge in [0.1, 0.15) is 6.10 Å². The molecule has 0 aromatic carbocycles. The number of carbonyl (C=O) groups is 2. The van der Waals surface area contributed by atoms with Crippen LogP contribution in [0, 0.1) is 17.8 Å². The van der Waals surface area contributed by atoms with E-state index >= 15 is 0 Å². The fraction of sp³-hybridized carbons (Fsp3) is 0.636. The van der Waals surface area contributed by atoms with Crippen LogP contribution in [0.15, 0.2) is 12.2 Å². The number of esters is 1. The van der Waals surface area contributed by atoms with Gasteiger partial charge in [-0.05, 0) is 12.5 Å². The molecule has 2 rings (SSSR count). The molecule has 0 spiro atoms. The molecule has 3 nitrogen and oxygen atoms in total. The second-order valence-electron chi connectivity index (χ2n) is 4.24. The highest BCUT2D eigenvalue weighted by molar-refractivity contribution is 5.92. The number of hydrogen-bond donors (Lipinski definition) is 0. The van der Waals surface area contributed by atoms with Gasteiger partial charge in [0.15, 0.2) is 5.78 Å². The zero-order valence-corrected chi connectivity index (χ0v) is 8.40. The summed E-state index contributed by atoms with van der Waals surface area (Å²) in [6, 6.07) is 0. The maximum Gasteiger partial charge on any atom is 0.309 e. The summed E-state index contributed by atoms with van der Waals surface area (Å²) in [4.78, 5) is 22.7. The Hall–Kier alpha value is -1.12. The van der Waals surface area contributed by atoms with Gasteiger partial charge in [0.2, 0.25) is 0 Å². The Morgan fingerprint density at radius 2 is 2.07 bits per heavy atom. The lowest BCUT2D eigenvalue weighted by Gasteiger charge is -2.15. The lowest BCUT2D eigenvalue weighted by Crippen LogP contribution is -2.19. The second kappa shape index (κ2) is 3.23. The highest BCUT2D eigenvalue weighted by atomic mass is 16.6. The van der Waals surface area contributed by atoms with Gasteiger partial charge in [0, 0.05) is 11.8 Å². The minimum Gasteiger partial charge on any atom is -0.461 e. The van der Waals surface area contributed by atoms with E-state index in [4.69, 9.17) is 4.74 Å². The summed E-state index contributed by atoms with van der Waals surface area (Å²) in [5.74, 6) is -0.0288. The van der Waals surface area contributed by atoms with Gasteiger partial charge in [-0.2, -0.15) is 0 Å². The third kappa shape index (κ3) is 1.37. The van der Waals surface area contributed by atoms with E-state index in [1.807, 2.05) is 19.9 Å². The molecule has 1 fully saturated rings. The van der Waals surface area contributed by atoms with E-state index in [0.717, 1.165) is 0 Å². The summed E-state index contributed by atoms with van der Waals surface area (Å²) in [7, 11) is 0. The molecule has 0 aromatic rings. The van der Waals surface area contributed by atoms with Crippen LogP contribution < -0.4 is 0 Å². The summed E-state index contributed by atoms with van der Waals surface area (Å²) in [6.07, 6.45) is 4.02. The first-order valence-electron chi connectivity index (χ1n) is 5.02. The fourth-order valence-corrected chi connectivity index (χ4v) is 2.14. The Bertz CT molecular complexity index is 306. The zero-order valence-electron chi connectivity index (χ0n) is 8.40. The summed E-state index contributed by atoms with van der Waals surface area (Å²) in [6.45, 7) is 3.74. The summed E-state index contributed by atoms with van der Waals surface area (Å²) >= 11 is 0. The smallest absolute Gasteiger partial charge is 0.309 e. The van der Waals surface area contributed by atoms with E-state index in [-0.39, 0.29) is 35.6 Å². The van der Waals surface area contributed by atoms with Crippen molar-refractivity contribution in [3.63, 3.8) is 0 Å². The Balaban J connectivity index is 2.25. The Morgan fingerprint density at radius 1 is 1.36 bits per heavy atom. The van der Waals surface area contributed by atoms with Crippen LogP contribution in [0.25, 0.3) is 0 Å². The highest BCUT2D eigenvalue weighted by Crippen LogP contribution is 2.35. The molecule has 1 saturated heterocycles. The molecule has 0 unspecified atom stereocenters. The first-order chi connectivity index (χ1) is 6.59. The van der Waals surface area contributed by atoms with Gasteiger partial charge in [-0.3, -0.25) is 9.59 Å². The maximum atomic E-state index is 11.4. The lowest BCUT2D eigenvalue weighted by molar-refractivity contribution is -0.144. The molecular formula is C11H14O3. The topological polar surface area (TPSA) is 43.4 Å². The summed E-state index contributed by atoms with van der Waals surface area (Å²) in [5.41, 5.74) is 0. The van der Waals surface area contributed by atoms with Gasteiger partial charge in [0.25, 0.3) is 0 Å². The monoisotopic (exact) mass is 194 g/mol. The van der Waals surface area contributed by atoms with E-state index in [2.05, 4.69) is 0 Å². The quantitative estimate of drug-likeness (QED) is 0.546. The van der Waals surface area contributed by atoms with Crippen molar-refractivity contribution >= 4 is 11.8 Å². The highest BCUT2D eigenvalue weighted by Gasteiger charge is 2.42. The van der Waals surface area contributed by atoms with E-state index < -0.39 is 0 Å². The van der Waals surface area contributed by atoms with Crippen molar-refractivity contribution < 1.29 is 14.3 Å². The van der Waals surface area contributed by atoms with Gasteiger partial charge < -0.3 is 4.74 Å². The first-order valence-corrected chi connectivity index (χ1v) is 5.02. The maximum absolute atomic E-state index is 11.4. The molecule has 76 valence electrons. The molecule has 14 heavy (non-hydrogen) atoms. The van der Waals surface area contributed by atoms with Crippen LogP contribution in [0.1, 0.15) is 20.3 Å². The number of hydrogen-bond acceptors (Lipinski definition) is 3. The third-order valence-electron chi connectivity index (χ3n) is 3.20. The predicted octanol–water partition coefficient (Wildman–Crippen LogP) is 1.33. The van der Waals surface area contributed by atoms with Gasteiger partial charge in [-0.25, -0.2) is 0 Å². The fourth-order valence-electron chi connectivity index (χ4n) is 2.14. The molecule has 0 amide bonds. The standard InChI is InChI=1S/C11H14O3/c1-6-5-10-8(3-4-9(6)12)7(2)11(13)14-10/h3-4,6-8,10H,5H2,1-2H3/t6-,7+,8+,10-/m0/s1. The van der Waals surface area contributed by atoms with Crippen LogP contribution in [-0.2, 0) is 14.3 Å². The number of carbonyl (C=O) groups excluding carboxylic acids is 2. The number of fused-ring (bicyclic) bond motifs is 1. The molecular weight excluding hydrogens is 180 g/mol. The summed E-state index contributed by atoms with van der Waals surface area (Å²) < 4.78 is 5.23. The van der Waals surface area contributed by atoms with E-state index in [0.29, 0.717) is 6.42 Å². The molecule has 0 bridgehead atoms. The van der Waals surface area contributed by atoms with Crippen molar-refractivity contribution in [1.29, 1.82) is 0 Å². The molecule has 0 saturated carbocycles. The normalized spacial score (nSPS) is 41.9. The molecule has 3 heteroatoms. The van der Waals surface area contributed by atoms with Crippen LogP contribution in [0.4, 0.5) is 0 Å². The van der Waals surface area contributed by atoms with E-state index in [9.17, 15) is 9.59 Å². The third-order valence-corrected chi connectivity index (χ3v) is 3.20. The average Bonchev–Trinajstić information content (AvgIpc) is 2.30. The van der Waals surface area contributed by atoms with Gasteiger partial charge in [0.05, 0.1) is 5.92 Å². The predicted molar refractivity (Wildman–Crippen MR) is 50.5 cm³/mol. The van der Waals surface area contributed by atoms with Crippen LogP contribution in [-0.4, -0.2) is 17.9 Å². The largest absolute Gasteiger partial charge is 0.461 e. The molecule has 0 aromatic heterocycles. The minimum atomic E-state index is -0.133. The van der Waals surface area contributed by atoms with Gasteiger partial charge in [-0.15, -0.1) is 0 Å². The van der Waals surface area contributed by atoms with Crippen molar-refractivity contribution in [2.45, 2.75) is 26.4 Å². The van der Waals surface area contributed by atoms with E-state index in [1.54, 1.807) is 6.08 Å².